The van der Waals surface area contributed by atoms with Crippen LogP contribution < -0.4 is 15.7 Å². The first-order valence-electron chi connectivity index (χ1n) is 7.32. The van der Waals surface area contributed by atoms with Crippen molar-refractivity contribution in [3.63, 3.8) is 0 Å². The highest BCUT2D eigenvalue weighted by atomic mass is 35.5. The molecule has 0 atom stereocenters. The lowest BCUT2D eigenvalue weighted by Crippen LogP contribution is -2.15. The molecule has 0 unspecified atom stereocenters. The summed E-state index contributed by atoms with van der Waals surface area (Å²) in [5.41, 5.74) is 3.97. The number of ether oxygens (including phenoxy) is 1. The van der Waals surface area contributed by atoms with Gasteiger partial charge in [0, 0.05) is 10.6 Å². The van der Waals surface area contributed by atoms with E-state index in [0.717, 1.165) is 5.56 Å². The van der Waals surface area contributed by atoms with Gasteiger partial charge in [-0.25, -0.2) is 5.43 Å². The van der Waals surface area contributed by atoms with Crippen molar-refractivity contribution < 1.29 is 4.74 Å². The number of hydrazone groups is 1. The van der Waals surface area contributed by atoms with Crippen LogP contribution in [0.25, 0.3) is 11.3 Å². The zero-order valence-corrected chi connectivity index (χ0v) is 14.0. The molecule has 0 aliphatic rings. The molecule has 0 saturated heterocycles. The van der Waals surface area contributed by atoms with Crippen molar-refractivity contribution in [2.75, 3.05) is 12.5 Å². The lowest BCUT2D eigenvalue weighted by Gasteiger charge is -2.03. The number of aromatic nitrogens is 3. The maximum atomic E-state index is 12.2. The van der Waals surface area contributed by atoms with Gasteiger partial charge in [0.2, 0.25) is 5.95 Å². The minimum atomic E-state index is -0.371. The number of anilines is 1. The van der Waals surface area contributed by atoms with Gasteiger partial charge in [-0.2, -0.15) is 5.10 Å². The lowest BCUT2D eigenvalue weighted by molar-refractivity contribution is 0.415. The van der Waals surface area contributed by atoms with Crippen LogP contribution in [0.4, 0.5) is 5.95 Å². The van der Waals surface area contributed by atoms with Crippen LogP contribution in [-0.2, 0) is 0 Å². The average Bonchev–Trinajstić information content (AvgIpc) is 2.64. The predicted molar refractivity (Wildman–Crippen MR) is 97.3 cm³/mol. The van der Waals surface area contributed by atoms with Crippen molar-refractivity contribution in [3.8, 4) is 17.0 Å². The topological polar surface area (TPSA) is 92.3 Å². The number of rotatable bonds is 5. The lowest BCUT2D eigenvalue weighted by atomic mass is 10.1. The molecule has 0 amide bonds. The van der Waals surface area contributed by atoms with Crippen molar-refractivity contribution >= 4 is 23.8 Å². The summed E-state index contributed by atoms with van der Waals surface area (Å²) in [5, 5.41) is 12.5. The molecule has 0 radical (unpaired) electrons. The molecule has 1 heterocycles. The Kier molecular flexibility index (Phi) is 5.06. The van der Waals surface area contributed by atoms with Gasteiger partial charge in [0.1, 0.15) is 5.75 Å². The Labute approximate surface area is 148 Å². The molecule has 0 saturated carbocycles. The van der Waals surface area contributed by atoms with Crippen molar-refractivity contribution in [1.82, 2.24) is 15.2 Å². The summed E-state index contributed by atoms with van der Waals surface area (Å²) in [4.78, 5) is 14.8. The molecule has 3 rings (SSSR count). The highest BCUT2D eigenvalue weighted by molar-refractivity contribution is 6.30. The number of hydrogen-bond donors (Lipinski definition) is 2. The second-order valence-electron chi connectivity index (χ2n) is 5.00. The predicted octanol–water partition coefficient (Wildman–Crippen LogP) is 2.94. The monoisotopic (exact) mass is 355 g/mol. The van der Waals surface area contributed by atoms with E-state index in [9.17, 15) is 4.79 Å². The highest BCUT2D eigenvalue weighted by Gasteiger charge is 2.07. The summed E-state index contributed by atoms with van der Waals surface area (Å²) >= 11 is 5.82. The van der Waals surface area contributed by atoms with Crippen molar-refractivity contribution in [1.29, 1.82) is 0 Å². The van der Waals surface area contributed by atoms with E-state index in [1.165, 1.54) is 0 Å². The molecule has 126 valence electrons. The number of benzene rings is 2. The van der Waals surface area contributed by atoms with Crippen LogP contribution in [0.15, 0.2) is 58.4 Å². The van der Waals surface area contributed by atoms with E-state index in [0.29, 0.717) is 16.3 Å². The van der Waals surface area contributed by atoms with Gasteiger partial charge in [-0.3, -0.25) is 9.78 Å². The quantitative estimate of drug-likeness (QED) is 0.542. The van der Waals surface area contributed by atoms with Crippen LogP contribution in [0.1, 0.15) is 5.56 Å². The van der Waals surface area contributed by atoms with Crippen LogP contribution in [-0.4, -0.2) is 28.5 Å². The first-order valence-corrected chi connectivity index (χ1v) is 7.69. The zero-order valence-electron chi connectivity index (χ0n) is 13.2. The maximum absolute atomic E-state index is 12.2. The fourth-order valence-electron chi connectivity index (χ4n) is 2.04. The summed E-state index contributed by atoms with van der Waals surface area (Å²) in [5.74, 6) is 0.843. The first kappa shape index (κ1) is 16.7. The Morgan fingerprint density at radius 2 is 1.84 bits per heavy atom. The van der Waals surface area contributed by atoms with Crippen molar-refractivity contribution in [2.24, 2.45) is 5.10 Å². The average molecular weight is 356 g/mol. The normalized spacial score (nSPS) is 10.8. The summed E-state index contributed by atoms with van der Waals surface area (Å²) < 4.78 is 5.09. The molecule has 8 heteroatoms. The molecular formula is C17H14ClN5O2. The van der Waals surface area contributed by atoms with Gasteiger partial charge in [-0.05, 0) is 42.0 Å². The number of halogens is 1. The Hall–Kier alpha value is -3.19. The number of H-pyrrole nitrogens is 1. The van der Waals surface area contributed by atoms with E-state index in [1.807, 2.05) is 12.1 Å². The smallest absolute Gasteiger partial charge is 0.279 e. The van der Waals surface area contributed by atoms with Crippen LogP contribution in [0.2, 0.25) is 5.02 Å². The summed E-state index contributed by atoms with van der Waals surface area (Å²) in [6, 6.07) is 14.1. The van der Waals surface area contributed by atoms with Crippen molar-refractivity contribution in [2.45, 2.75) is 0 Å². The van der Waals surface area contributed by atoms with Crippen molar-refractivity contribution in [3.05, 3.63) is 69.5 Å². The molecule has 3 aromatic rings. The highest BCUT2D eigenvalue weighted by Crippen LogP contribution is 2.17. The summed E-state index contributed by atoms with van der Waals surface area (Å²) in [7, 11) is 1.58. The Morgan fingerprint density at radius 1 is 1.12 bits per heavy atom. The number of nitrogens with one attached hydrogen (secondary N) is 2. The van der Waals surface area contributed by atoms with Crippen LogP contribution in [0.5, 0.6) is 5.75 Å². The molecule has 2 aromatic carbocycles. The number of aromatic amines is 1. The third kappa shape index (κ3) is 4.21. The van der Waals surface area contributed by atoms with Gasteiger partial charge in [-0.15, -0.1) is 10.2 Å². The third-order valence-electron chi connectivity index (χ3n) is 3.31. The van der Waals surface area contributed by atoms with Gasteiger partial charge in [0.25, 0.3) is 5.56 Å². The van der Waals surface area contributed by atoms with Gasteiger partial charge < -0.3 is 4.74 Å². The van der Waals surface area contributed by atoms with E-state index in [1.54, 1.807) is 49.7 Å². The third-order valence-corrected chi connectivity index (χ3v) is 3.57. The van der Waals surface area contributed by atoms with E-state index < -0.39 is 0 Å². The van der Waals surface area contributed by atoms with Gasteiger partial charge >= 0.3 is 0 Å². The van der Waals surface area contributed by atoms with E-state index in [-0.39, 0.29) is 17.2 Å². The van der Waals surface area contributed by atoms with Crippen LogP contribution >= 0.6 is 11.6 Å². The Morgan fingerprint density at radius 3 is 2.48 bits per heavy atom. The van der Waals surface area contributed by atoms with E-state index in [4.69, 9.17) is 16.3 Å². The number of nitrogens with zero attached hydrogens (tertiary/aromatic N) is 3. The van der Waals surface area contributed by atoms with Crippen LogP contribution in [0.3, 0.4) is 0 Å². The van der Waals surface area contributed by atoms with Gasteiger partial charge in [0.05, 0.1) is 13.3 Å². The molecule has 0 aliphatic heterocycles. The van der Waals surface area contributed by atoms with E-state index in [2.05, 4.69) is 25.7 Å². The molecule has 0 spiro atoms. The molecule has 1 aromatic heterocycles. The van der Waals surface area contributed by atoms with E-state index >= 15 is 0 Å². The second kappa shape index (κ2) is 7.59. The SMILES string of the molecule is COc1ccc(-c2nnc(N/N=C/c3ccc(Cl)cc3)[nH]c2=O)cc1. The molecule has 0 aliphatic carbocycles. The minimum Gasteiger partial charge on any atom is -0.497 e. The molecule has 25 heavy (non-hydrogen) atoms. The number of methoxy groups -OCH3 is 1. The maximum Gasteiger partial charge on any atom is 0.279 e. The minimum absolute atomic E-state index is 0.146. The summed E-state index contributed by atoms with van der Waals surface area (Å²) in [6.45, 7) is 0. The zero-order chi connectivity index (χ0) is 17.6. The molecule has 2 N–H and O–H groups in total. The molecule has 0 fully saturated rings. The second-order valence-corrected chi connectivity index (χ2v) is 5.44. The fraction of sp³-hybridized carbons (Fsp3) is 0.0588. The standard InChI is InChI=1S/C17H14ClN5O2/c1-25-14-8-4-12(5-9-14)15-16(24)20-17(23-21-15)22-19-10-11-2-6-13(18)7-3-11/h2-10H,1H3,(H2,20,22,23,24)/b19-10+. The largest absolute Gasteiger partial charge is 0.497 e. The molecule has 7 nitrogen and oxygen atoms in total. The molecular weight excluding hydrogens is 342 g/mol. The molecule has 0 bridgehead atoms. The number of hydrogen-bond acceptors (Lipinski definition) is 6. The fourth-order valence-corrected chi connectivity index (χ4v) is 2.17. The Bertz CT molecular complexity index is 937. The van der Waals surface area contributed by atoms with Crippen LogP contribution in [0, 0.1) is 0 Å². The first-order chi connectivity index (χ1) is 12.2. The van der Waals surface area contributed by atoms with Gasteiger partial charge in [0.15, 0.2) is 5.69 Å². The summed E-state index contributed by atoms with van der Waals surface area (Å²) in [6.07, 6.45) is 1.58. The van der Waals surface area contributed by atoms with Gasteiger partial charge in [-0.1, -0.05) is 23.7 Å². The Balaban J connectivity index is 1.73.